The zero-order valence-corrected chi connectivity index (χ0v) is 11.3. The fraction of sp³-hybridized carbons (Fsp3) is 0.600. The fourth-order valence-corrected chi connectivity index (χ4v) is 2.24. The Hall–Kier alpha value is -1.06. The molecule has 3 nitrogen and oxygen atoms in total. The van der Waals surface area contributed by atoms with Crippen molar-refractivity contribution in [2.24, 2.45) is 5.73 Å². The van der Waals surface area contributed by atoms with E-state index in [0.29, 0.717) is 6.61 Å². The van der Waals surface area contributed by atoms with Gasteiger partial charge in [0.25, 0.3) is 0 Å². The quantitative estimate of drug-likeness (QED) is 0.892. The van der Waals surface area contributed by atoms with Crippen LogP contribution in [-0.2, 0) is 4.74 Å². The summed E-state index contributed by atoms with van der Waals surface area (Å²) in [6.45, 7) is 5.57. The molecule has 1 aromatic carbocycles. The first kappa shape index (κ1) is 13.4. The van der Waals surface area contributed by atoms with Crippen LogP contribution in [0.25, 0.3) is 0 Å². The molecule has 1 aromatic rings. The molecule has 1 fully saturated rings. The summed E-state index contributed by atoms with van der Waals surface area (Å²) in [6.07, 6.45) is 3.79. The minimum atomic E-state index is 0.0689. The summed E-state index contributed by atoms with van der Waals surface area (Å²) in [5.74, 6) is 0.938. The number of hydrogen-bond donors (Lipinski definition) is 1. The first-order chi connectivity index (χ1) is 8.66. The lowest BCUT2D eigenvalue weighted by Crippen LogP contribution is -2.25. The van der Waals surface area contributed by atoms with Crippen LogP contribution in [0.5, 0.6) is 5.75 Å². The molecule has 0 amide bonds. The predicted octanol–water partition coefficient (Wildman–Crippen LogP) is 2.96. The van der Waals surface area contributed by atoms with Gasteiger partial charge in [0.2, 0.25) is 0 Å². The van der Waals surface area contributed by atoms with Crippen LogP contribution in [0.15, 0.2) is 18.2 Å². The minimum absolute atomic E-state index is 0.0689. The second kappa shape index (κ2) is 6.21. The van der Waals surface area contributed by atoms with Crippen molar-refractivity contribution in [2.45, 2.75) is 45.3 Å². The van der Waals surface area contributed by atoms with Gasteiger partial charge >= 0.3 is 0 Å². The maximum Gasteiger partial charge on any atom is 0.122 e. The Morgan fingerprint density at radius 3 is 2.89 bits per heavy atom. The third kappa shape index (κ3) is 3.47. The smallest absolute Gasteiger partial charge is 0.122 e. The molecule has 0 spiro atoms. The van der Waals surface area contributed by atoms with Crippen LogP contribution in [0.4, 0.5) is 0 Å². The largest absolute Gasteiger partial charge is 0.491 e. The van der Waals surface area contributed by atoms with E-state index in [-0.39, 0.29) is 12.1 Å². The van der Waals surface area contributed by atoms with E-state index in [4.69, 9.17) is 15.2 Å². The van der Waals surface area contributed by atoms with Crippen molar-refractivity contribution < 1.29 is 9.47 Å². The number of ether oxygens (including phenoxy) is 2. The van der Waals surface area contributed by atoms with Gasteiger partial charge in [-0.05, 0) is 50.3 Å². The Balaban J connectivity index is 1.92. The molecule has 0 aliphatic carbocycles. The molecular formula is C15H23NO2. The number of aryl methyl sites for hydroxylation is 1. The van der Waals surface area contributed by atoms with Crippen molar-refractivity contribution in [2.75, 3.05) is 13.2 Å². The van der Waals surface area contributed by atoms with Crippen molar-refractivity contribution in [1.82, 2.24) is 0 Å². The first-order valence-electron chi connectivity index (χ1n) is 6.77. The molecule has 3 heteroatoms. The Labute approximate surface area is 109 Å². The topological polar surface area (TPSA) is 44.5 Å². The summed E-state index contributed by atoms with van der Waals surface area (Å²) in [4.78, 5) is 0. The fourth-order valence-electron chi connectivity index (χ4n) is 2.24. The number of hydrogen-bond acceptors (Lipinski definition) is 3. The number of benzene rings is 1. The Bertz CT molecular complexity index is 384. The predicted molar refractivity (Wildman–Crippen MR) is 72.9 cm³/mol. The van der Waals surface area contributed by atoms with Crippen LogP contribution >= 0.6 is 0 Å². The van der Waals surface area contributed by atoms with Gasteiger partial charge in [0.15, 0.2) is 0 Å². The van der Waals surface area contributed by atoms with Crippen molar-refractivity contribution in [3.8, 4) is 5.75 Å². The van der Waals surface area contributed by atoms with Crippen LogP contribution in [-0.4, -0.2) is 19.3 Å². The Kier molecular flexibility index (Phi) is 4.61. The zero-order valence-electron chi connectivity index (χ0n) is 11.3. The van der Waals surface area contributed by atoms with E-state index in [0.717, 1.165) is 29.9 Å². The number of rotatable bonds is 4. The van der Waals surface area contributed by atoms with E-state index in [1.807, 2.05) is 19.1 Å². The molecule has 100 valence electrons. The van der Waals surface area contributed by atoms with E-state index < -0.39 is 0 Å². The summed E-state index contributed by atoms with van der Waals surface area (Å²) in [6, 6.07) is 6.22. The van der Waals surface area contributed by atoms with E-state index in [1.165, 1.54) is 12.8 Å². The molecule has 0 saturated carbocycles. The standard InChI is InChI=1S/C15H23NO2/c1-11-9-13(12(2)16)6-7-15(11)18-10-14-5-3-4-8-17-14/h6-7,9,12,14H,3-5,8,10,16H2,1-2H3/t12-,14?/m0/s1. The molecule has 18 heavy (non-hydrogen) atoms. The van der Waals surface area contributed by atoms with E-state index >= 15 is 0 Å². The molecule has 1 unspecified atom stereocenters. The van der Waals surface area contributed by atoms with Crippen molar-refractivity contribution >= 4 is 0 Å². The van der Waals surface area contributed by atoms with Gasteiger partial charge in [-0.1, -0.05) is 12.1 Å². The lowest BCUT2D eigenvalue weighted by atomic mass is 10.1. The van der Waals surface area contributed by atoms with E-state index in [2.05, 4.69) is 13.0 Å². The van der Waals surface area contributed by atoms with Crippen molar-refractivity contribution in [1.29, 1.82) is 0 Å². The molecule has 0 aromatic heterocycles. The van der Waals surface area contributed by atoms with Gasteiger partial charge in [-0.15, -0.1) is 0 Å². The van der Waals surface area contributed by atoms with Gasteiger partial charge < -0.3 is 15.2 Å². The Morgan fingerprint density at radius 2 is 2.28 bits per heavy atom. The molecule has 1 aliphatic heterocycles. The van der Waals surface area contributed by atoms with Gasteiger partial charge in [-0.25, -0.2) is 0 Å². The SMILES string of the molecule is Cc1cc([C@H](C)N)ccc1OCC1CCCCO1. The average Bonchev–Trinajstić information content (AvgIpc) is 2.38. The summed E-state index contributed by atoms with van der Waals surface area (Å²) >= 11 is 0. The lowest BCUT2D eigenvalue weighted by Gasteiger charge is -2.23. The van der Waals surface area contributed by atoms with Crippen LogP contribution in [0.2, 0.25) is 0 Å². The molecule has 2 N–H and O–H groups in total. The van der Waals surface area contributed by atoms with Gasteiger partial charge in [0, 0.05) is 12.6 Å². The van der Waals surface area contributed by atoms with Gasteiger partial charge in [0.1, 0.15) is 12.4 Å². The molecule has 0 bridgehead atoms. The Morgan fingerprint density at radius 1 is 1.44 bits per heavy atom. The van der Waals surface area contributed by atoms with Crippen LogP contribution in [0.3, 0.4) is 0 Å². The highest BCUT2D eigenvalue weighted by Gasteiger charge is 2.15. The summed E-state index contributed by atoms with van der Waals surface area (Å²) < 4.78 is 11.5. The zero-order chi connectivity index (χ0) is 13.0. The number of nitrogens with two attached hydrogens (primary N) is 1. The van der Waals surface area contributed by atoms with Gasteiger partial charge in [-0.3, -0.25) is 0 Å². The van der Waals surface area contributed by atoms with Gasteiger partial charge in [0.05, 0.1) is 6.10 Å². The monoisotopic (exact) mass is 249 g/mol. The highest BCUT2D eigenvalue weighted by molar-refractivity contribution is 5.37. The minimum Gasteiger partial charge on any atom is -0.491 e. The highest BCUT2D eigenvalue weighted by atomic mass is 16.5. The molecule has 1 heterocycles. The highest BCUT2D eigenvalue weighted by Crippen LogP contribution is 2.23. The average molecular weight is 249 g/mol. The second-order valence-electron chi connectivity index (χ2n) is 5.11. The summed E-state index contributed by atoms with van der Waals surface area (Å²) in [7, 11) is 0. The van der Waals surface area contributed by atoms with Gasteiger partial charge in [-0.2, -0.15) is 0 Å². The third-order valence-electron chi connectivity index (χ3n) is 3.42. The molecule has 0 radical (unpaired) electrons. The maximum atomic E-state index is 5.86. The summed E-state index contributed by atoms with van der Waals surface area (Å²) in [5.41, 5.74) is 8.15. The van der Waals surface area contributed by atoms with Crippen LogP contribution < -0.4 is 10.5 Å². The maximum absolute atomic E-state index is 5.86. The van der Waals surface area contributed by atoms with E-state index in [1.54, 1.807) is 0 Å². The lowest BCUT2D eigenvalue weighted by molar-refractivity contribution is -0.0111. The molecule has 1 aliphatic rings. The van der Waals surface area contributed by atoms with Crippen molar-refractivity contribution in [3.05, 3.63) is 29.3 Å². The third-order valence-corrected chi connectivity index (χ3v) is 3.42. The van der Waals surface area contributed by atoms with Crippen LogP contribution in [0.1, 0.15) is 43.4 Å². The molecule has 2 rings (SSSR count). The van der Waals surface area contributed by atoms with Crippen LogP contribution in [0, 0.1) is 6.92 Å². The van der Waals surface area contributed by atoms with Crippen molar-refractivity contribution in [3.63, 3.8) is 0 Å². The van der Waals surface area contributed by atoms with E-state index in [9.17, 15) is 0 Å². The molecule has 2 atom stereocenters. The molecule has 1 saturated heterocycles. The second-order valence-corrected chi connectivity index (χ2v) is 5.11. The molecular weight excluding hydrogens is 226 g/mol. The normalized spacial score (nSPS) is 21.6. The first-order valence-corrected chi connectivity index (χ1v) is 6.77. The summed E-state index contributed by atoms with van der Waals surface area (Å²) in [5, 5.41) is 0.